The molecule has 4 N–H and O–H groups in total. The van der Waals surface area contributed by atoms with Gasteiger partial charge in [-0.05, 0) is 7.05 Å². The lowest BCUT2D eigenvalue weighted by Gasteiger charge is -2.24. The average Bonchev–Trinajstić information content (AvgIpc) is 2.04. The lowest BCUT2D eigenvalue weighted by molar-refractivity contribution is 0.249. The summed E-state index contributed by atoms with van der Waals surface area (Å²) in [5.41, 5.74) is 0.842. The number of benzene rings is 1. The van der Waals surface area contributed by atoms with Crippen LogP contribution < -0.4 is 10.8 Å². The van der Waals surface area contributed by atoms with Gasteiger partial charge in [-0.1, -0.05) is 29.8 Å². The Morgan fingerprint density at radius 3 is 2.38 bits per heavy atom. The highest BCUT2D eigenvalue weighted by atomic mass is 16.5. The second kappa shape index (κ2) is 3.89. The quantitative estimate of drug-likeness (QED) is 0.430. The Morgan fingerprint density at radius 1 is 1.23 bits per heavy atom. The highest BCUT2D eigenvalue weighted by molar-refractivity contribution is 6.72. The van der Waals surface area contributed by atoms with Crippen LogP contribution in [-0.2, 0) is 6.54 Å². The van der Waals surface area contributed by atoms with Crippen LogP contribution in [0.4, 0.5) is 0 Å². The molecule has 0 unspecified atom stereocenters. The van der Waals surface area contributed by atoms with Crippen LogP contribution in [0.2, 0.25) is 0 Å². The first kappa shape index (κ1) is 10.2. The van der Waals surface area contributed by atoms with Crippen LogP contribution in [0, 0.1) is 0 Å². The van der Waals surface area contributed by atoms with Gasteiger partial charge in [0, 0.05) is 6.54 Å². The normalized spacial score (nSPS) is 11.7. The number of hydrogen-bond acceptors (Lipinski definition) is 4. The monoisotopic (exact) mass is 182 g/mol. The summed E-state index contributed by atoms with van der Waals surface area (Å²) in [6.07, 6.45) is 0. The van der Waals surface area contributed by atoms with Crippen molar-refractivity contribution in [1.29, 1.82) is 0 Å². The summed E-state index contributed by atoms with van der Waals surface area (Å²) in [7, 11) is 1.75. The molecule has 0 heterocycles. The second-order valence-electron chi connectivity index (χ2n) is 2.96. The van der Waals surface area contributed by atoms with Gasteiger partial charge in [0.05, 0.1) is 0 Å². The molecule has 13 heavy (non-hydrogen) atoms. The number of hydrogen-bond donors (Lipinski definition) is 4. The van der Waals surface area contributed by atoms with Crippen molar-refractivity contribution in [3.05, 3.63) is 29.8 Å². The minimum Gasteiger partial charge on any atom is -0.556 e. The van der Waals surface area contributed by atoms with Gasteiger partial charge in [0.15, 0.2) is 0 Å². The predicted molar refractivity (Wildman–Crippen MR) is 51.3 cm³/mol. The smallest absolute Gasteiger partial charge is 0.402 e. The van der Waals surface area contributed by atoms with Crippen LogP contribution in [0.15, 0.2) is 24.3 Å². The fourth-order valence-corrected chi connectivity index (χ4v) is 1.26. The third-order valence-corrected chi connectivity index (χ3v) is 1.84. The first-order chi connectivity index (χ1) is 6.05. The minimum atomic E-state index is -3.39. The zero-order valence-corrected chi connectivity index (χ0v) is 7.44. The van der Waals surface area contributed by atoms with Gasteiger partial charge in [-0.15, -0.1) is 5.46 Å². The van der Waals surface area contributed by atoms with E-state index < -0.39 is 6.75 Å². The van der Waals surface area contributed by atoms with E-state index in [-0.39, 0.29) is 5.46 Å². The van der Waals surface area contributed by atoms with E-state index in [0.29, 0.717) is 12.1 Å². The van der Waals surface area contributed by atoms with E-state index in [1.165, 1.54) is 6.07 Å². The van der Waals surface area contributed by atoms with E-state index in [0.717, 1.165) is 0 Å². The average molecular weight is 182 g/mol. The van der Waals surface area contributed by atoms with E-state index in [1.54, 1.807) is 25.2 Å². The van der Waals surface area contributed by atoms with Gasteiger partial charge >= 0.3 is 6.75 Å². The molecule has 0 aliphatic heterocycles. The third-order valence-electron chi connectivity index (χ3n) is 1.84. The number of rotatable bonds is 3. The molecule has 0 bridgehead atoms. The summed E-state index contributed by atoms with van der Waals surface area (Å²) in [5.74, 6) is 0. The van der Waals surface area contributed by atoms with Gasteiger partial charge in [0.2, 0.25) is 0 Å². The molecule has 0 radical (unpaired) electrons. The highest BCUT2D eigenvalue weighted by Gasteiger charge is 2.20. The van der Waals surface area contributed by atoms with Crippen molar-refractivity contribution in [2.75, 3.05) is 7.05 Å². The predicted octanol–water partition coefficient (Wildman–Crippen LogP) is -1.47. The molecular formula is C8H13BNO3-. The first-order valence-electron chi connectivity index (χ1n) is 4.10. The van der Waals surface area contributed by atoms with Crippen LogP contribution >= 0.6 is 0 Å². The van der Waals surface area contributed by atoms with E-state index in [4.69, 9.17) is 15.1 Å². The topological polar surface area (TPSA) is 72.7 Å². The molecule has 0 saturated heterocycles. The zero-order valence-electron chi connectivity index (χ0n) is 7.44. The van der Waals surface area contributed by atoms with Crippen molar-refractivity contribution in [1.82, 2.24) is 5.32 Å². The number of nitrogens with one attached hydrogen (secondary N) is 1. The van der Waals surface area contributed by atoms with Crippen molar-refractivity contribution < 1.29 is 15.1 Å². The first-order valence-corrected chi connectivity index (χ1v) is 4.10. The summed E-state index contributed by atoms with van der Waals surface area (Å²) in [6.45, 7) is -2.90. The Kier molecular flexibility index (Phi) is 3.05. The van der Waals surface area contributed by atoms with Gasteiger partial charge in [-0.2, -0.15) is 0 Å². The summed E-state index contributed by atoms with van der Waals surface area (Å²) < 4.78 is 0. The van der Waals surface area contributed by atoms with Crippen LogP contribution in [-0.4, -0.2) is 28.9 Å². The summed E-state index contributed by atoms with van der Waals surface area (Å²) in [5, 5.41) is 30.0. The van der Waals surface area contributed by atoms with Crippen molar-refractivity contribution in [2.24, 2.45) is 0 Å². The largest absolute Gasteiger partial charge is 0.556 e. The van der Waals surface area contributed by atoms with Crippen LogP contribution in [0.1, 0.15) is 5.56 Å². The van der Waals surface area contributed by atoms with E-state index >= 15 is 0 Å². The maximum Gasteiger partial charge on any atom is 0.402 e. The molecule has 0 aromatic heterocycles. The molecule has 0 aliphatic carbocycles. The summed E-state index contributed by atoms with van der Waals surface area (Å²) in [4.78, 5) is 0. The molecule has 5 heteroatoms. The Morgan fingerprint density at radius 2 is 1.85 bits per heavy atom. The molecule has 0 aliphatic rings. The Labute approximate surface area is 76.9 Å². The molecule has 1 aromatic carbocycles. The molecule has 0 amide bonds. The molecule has 0 fully saturated rings. The Hall–Kier alpha value is -0.875. The van der Waals surface area contributed by atoms with Gasteiger partial charge in [-0.3, -0.25) is 0 Å². The third kappa shape index (κ3) is 2.53. The fourth-order valence-electron chi connectivity index (χ4n) is 1.26. The SMILES string of the molecule is CNCc1ccccc1[B-](O)(O)O. The maximum atomic E-state index is 9.04. The molecule has 72 valence electrons. The van der Waals surface area contributed by atoms with Crippen molar-refractivity contribution in [3.63, 3.8) is 0 Å². The van der Waals surface area contributed by atoms with Gasteiger partial charge < -0.3 is 20.4 Å². The van der Waals surface area contributed by atoms with Crippen molar-refractivity contribution >= 4 is 12.2 Å². The standard InChI is InChI=1S/C8H13BNO3/c1-10-6-7-4-2-3-5-8(7)9(11,12)13/h2-5,10-13H,6H2,1H3/q-1. The van der Waals surface area contributed by atoms with Gasteiger partial charge in [-0.25, -0.2) is 0 Å². The molecule has 4 nitrogen and oxygen atoms in total. The lowest BCUT2D eigenvalue weighted by Crippen LogP contribution is -2.50. The van der Waals surface area contributed by atoms with Crippen LogP contribution in [0.25, 0.3) is 0 Å². The fraction of sp³-hybridized carbons (Fsp3) is 0.250. The zero-order chi connectivity index (χ0) is 9.90. The molecule has 1 rings (SSSR count). The molecular weight excluding hydrogens is 169 g/mol. The Bertz CT molecular complexity index is 285. The molecule has 0 atom stereocenters. The van der Waals surface area contributed by atoms with E-state index in [2.05, 4.69) is 5.32 Å². The minimum absolute atomic E-state index is 0.164. The van der Waals surface area contributed by atoms with Gasteiger partial charge in [0.1, 0.15) is 0 Å². The molecule has 0 spiro atoms. The van der Waals surface area contributed by atoms with Crippen molar-refractivity contribution in [3.8, 4) is 0 Å². The van der Waals surface area contributed by atoms with Crippen LogP contribution in [0.3, 0.4) is 0 Å². The van der Waals surface area contributed by atoms with Gasteiger partial charge in [0.25, 0.3) is 0 Å². The van der Waals surface area contributed by atoms with E-state index in [9.17, 15) is 0 Å². The summed E-state index contributed by atoms with van der Waals surface area (Å²) >= 11 is 0. The molecule has 0 saturated carbocycles. The summed E-state index contributed by atoms with van der Waals surface area (Å²) in [6, 6.07) is 6.64. The molecule has 1 aromatic rings. The maximum absolute atomic E-state index is 9.04. The van der Waals surface area contributed by atoms with Crippen LogP contribution in [0.5, 0.6) is 0 Å². The Balaban J connectivity index is 3.05. The second-order valence-corrected chi connectivity index (χ2v) is 2.96. The van der Waals surface area contributed by atoms with E-state index in [1.807, 2.05) is 0 Å². The van der Waals surface area contributed by atoms with Crippen molar-refractivity contribution in [2.45, 2.75) is 6.54 Å². The lowest BCUT2D eigenvalue weighted by atomic mass is 9.68. The highest BCUT2D eigenvalue weighted by Crippen LogP contribution is 2.00.